The minimum Gasteiger partial charge on any atom is -0.301 e. The van der Waals surface area contributed by atoms with Crippen LogP contribution < -0.4 is 5.32 Å². The summed E-state index contributed by atoms with van der Waals surface area (Å²) in [7, 11) is 0. The second-order valence-electron chi connectivity index (χ2n) is 7.05. The minimum atomic E-state index is -0.266. The lowest BCUT2D eigenvalue weighted by Crippen LogP contribution is -2.39. The summed E-state index contributed by atoms with van der Waals surface area (Å²) in [5.74, 6) is -0.0119. The summed E-state index contributed by atoms with van der Waals surface area (Å²) in [6.45, 7) is 4.10. The molecule has 2 aromatic carbocycles. The van der Waals surface area contributed by atoms with Crippen LogP contribution in [0.25, 0.3) is 17.0 Å². The van der Waals surface area contributed by atoms with E-state index in [0.717, 1.165) is 22.5 Å². The first-order valence-corrected chi connectivity index (χ1v) is 11.4. The third-order valence-electron chi connectivity index (χ3n) is 4.92. The highest BCUT2D eigenvalue weighted by Gasteiger charge is 2.25. The van der Waals surface area contributed by atoms with E-state index in [1.54, 1.807) is 4.90 Å². The van der Waals surface area contributed by atoms with Gasteiger partial charge in [0.15, 0.2) is 5.13 Å². The summed E-state index contributed by atoms with van der Waals surface area (Å²) in [5.41, 5.74) is 5.95. The Morgan fingerprint density at radius 1 is 1.10 bits per heavy atom. The Morgan fingerprint density at radius 2 is 1.90 bits per heavy atom. The Labute approximate surface area is 183 Å². The van der Waals surface area contributed by atoms with Crippen molar-refractivity contribution in [2.45, 2.75) is 13.8 Å². The summed E-state index contributed by atoms with van der Waals surface area (Å²) in [4.78, 5) is 31.2. The monoisotopic (exact) mass is 435 g/mol. The number of aromatic nitrogens is 1. The van der Waals surface area contributed by atoms with Crippen molar-refractivity contribution >= 4 is 45.7 Å². The summed E-state index contributed by atoms with van der Waals surface area (Å²) < 4.78 is 0. The summed E-state index contributed by atoms with van der Waals surface area (Å²) in [5, 5.41) is 7.23. The van der Waals surface area contributed by atoms with Crippen LogP contribution in [0.1, 0.15) is 16.7 Å². The molecule has 152 valence electrons. The third kappa shape index (κ3) is 4.47. The zero-order valence-corrected chi connectivity index (χ0v) is 18.3. The number of anilines is 1. The fourth-order valence-corrected chi connectivity index (χ4v) is 4.68. The van der Waals surface area contributed by atoms with Crippen molar-refractivity contribution in [1.82, 2.24) is 9.88 Å². The molecule has 7 heteroatoms. The van der Waals surface area contributed by atoms with Crippen LogP contribution in [0.2, 0.25) is 0 Å². The molecule has 0 spiro atoms. The Bertz CT molecular complexity index is 1120. The molecule has 30 heavy (non-hydrogen) atoms. The normalized spacial score (nSPS) is 13.9. The van der Waals surface area contributed by atoms with Crippen molar-refractivity contribution in [3.05, 3.63) is 76.0 Å². The van der Waals surface area contributed by atoms with E-state index in [1.165, 1.54) is 34.2 Å². The van der Waals surface area contributed by atoms with Crippen molar-refractivity contribution < 1.29 is 9.59 Å². The van der Waals surface area contributed by atoms with E-state index in [9.17, 15) is 9.59 Å². The molecule has 0 unspecified atom stereocenters. The van der Waals surface area contributed by atoms with Crippen LogP contribution in [0.4, 0.5) is 5.13 Å². The van der Waals surface area contributed by atoms with Gasteiger partial charge in [0.2, 0.25) is 11.8 Å². The second kappa shape index (κ2) is 8.85. The molecule has 0 atom stereocenters. The predicted molar refractivity (Wildman–Crippen MR) is 124 cm³/mol. The number of hydrogen-bond acceptors (Lipinski definition) is 5. The summed E-state index contributed by atoms with van der Waals surface area (Å²) >= 11 is 2.83. The first kappa shape index (κ1) is 20.4. The molecule has 4 rings (SSSR count). The first-order valence-electron chi connectivity index (χ1n) is 9.52. The van der Waals surface area contributed by atoms with Gasteiger partial charge in [-0.15, -0.1) is 23.1 Å². The number of hydrogen-bond donors (Lipinski definition) is 1. The Balaban J connectivity index is 1.47. The summed E-state index contributed by atoms with van der Waals surface area (Å²) in [6.07, 6.45) is 0. The quantitative estimate of drug-likeness (QED) is 0.617. The van der Waals surface area contributed by atoms with Crippen LogP contribution >= 0.6 is 23.1 Å². The maximum Gasteiger partial charge on any atom is 0.246 e. The van der Waals surface area contributed by atoms with E-state index in [0.29, 0.717) is 10.9 Å². The van der Waals surface area contributed by atoms with Gasteiger partial charge < -0.3 is 10.2 Å². The van der Waals surface area contributed by atoms with E-state index in [2.05, 4.69) is 36.3 Å². The van der Waals surface area contributed by atoms with Crippen LogP contribution in [0.5, 0.6) is 0 Å². The standard InChI is InChI=1S/C23H21N3O2S2/c1-15-8-9-18(10-16(15)2)19-12-30-23(24-19)25-21(27)11-26-20(13-29-14-22(26)28)17-6-4-3-5-7-17/h3-10,12-13H,11,14H2,1-2H3,(H,24,25,27). The van der Waals surface area contributed by atoms with Crippen molar-refractivity contribution in [2.24, 2.45) is 0 Å². The molecular weight excluding hydrogens is 414 g/mol. The predicted octanol–water partition coefficient (Wildman–Crippen LogP) is 4.94. The van der Waals surface area contributed by atoms with Gasteiger partial charge in [0.1, 0.15) is 6.54 Å². The van der Waals surface area contributed by atoms with Gasteiger partial charge in [-0.2, -0.15) is 0 Å². The van der Waals surface area contributed by atoms with Crippen LogP contribution in [0.3, 0.4) is 0 Å². The lowest BCUT2D eigenvalue weighted by Gasteiger charge is -2.28. The molecule has 0 radical (unpaired) electrons. The van der Waals surface area contributed by atoms with Crippen LogP contribution in [-0.2, 0) is 9.59 Å². The van der Waals surface area contributed by atoms with Gasteiger partial charge in [0, 0.05) is 10.9 Å². The second-order valence-corrected chi connectivity index (χ2v) is 8.76. The largest absolute Gasteiger partial charge is 0.301 e. The molecule has 0 saturated heterocycles. The minimum absolute atomic E-state index is 0.0430. The topological polar surface area (TPSA) is 62.3 Å². The number of amides is 2. The van der Waals surface area contributed by atoms with Crippen molar-refractivity contribution in [3.8, 4) is 11.3 Å². The van der Waals surface area contributed by atoms with Crippen molar-refractivity contribution in [1.29, 1.82) is 0 Å². The van der Waals surface area contributed by atoms with Gasteiger partial charge in [0.25, 0.3) is 0 Å². The van der Waals surface area contributed by atoms with Crippen molar-refractivity contribution in [2.75, 3.05) is 17.6 Å². The van der Waals surface area contributed by atoms with Gasteiger partial charge in [-0.05, 0) is 42.0 Å². The number of thioether (sulfide) groups is 1. The number of aryl methyl sites for hydroxylation is 2. The molecule has 1 aliphatic heterocycles. The molecular formula is C23H21N3O2S2. The SMILES string of the molecule is Cc1ccc(-c2csc(NC(=O)CN3C(=O)CSC=C3c3ccccc3)n2)cc1C. The zero-order chi connectivity index (χ0) is 21.1. The maximum absolute atomic E-state index is 12.7. The molecule has 1 N–H and O–H groups in total. The summed E-state index contributed by atoms with van der Waals surface area (Å²) in [6, 6.07) is 15.8. The van der Waals surface area contributed by atoms with Gasteiger partial charge >= 0.3 is 0 Å². The number of carbonyl (C=O) groups is 2. The highest BCUT2D eigenvalue weighted by molar-refractivity contribution is 8.03. The van der Waals surface area contributed by atoms with Gasteiger partial charge in [-0.1, -0.05) is 42.5 Å². The lowest BCUT2D eigenvalue weighted by molar-refractivity contribution is -0.129. The number of nitrogens with one attached hydrogen (secondary N) is 1. The average Bonchev–Trinajstić information content (AvgIpc) is 3.20. The Hall–Kier alpha value is -2.90. The fraction of sp³-hybridized carbons (Fsp3) is 0.174. The molecule has 1 aliphatic rings. The fourth-order valence-electron chi connectivity index (χ4n) is 3.14. The highest BCUT2D eigenvalue weighted by Crippen LogP contribution is 2.29. The van der Waals surface area contributed by atoms with E-state index >= 15 is 0 Å². The number of benzene rings is 2. The van der Waals surface area contributed by atoms with E-state index in [1.807, 2.05) is 47.2 Å². The third-order valence-corrected chi connectivity index (χ3v) is 6.48. The van der Waals surface area contributed by atoms with Gasteiger partial charge in [-0.25, -0.2) is 4.98 Å². The maximum atomic E-state index is 12.7. The number of rotatable bonds is 5. The Morgan fingerprint density at radius 3 is 2.67 bits per heavy atom. The number of carbonyl (C=O) groups excluding carboxylic acids is 2. The lowest BCUT2D eigenvalue weighted by atomic mass is 10.1. The van der Waals surface area contributed by atoms with Crippen molar-refractivity contribution in [3.63, 3.8) is 0 Å². The molecule has 1 aromatic heterocycles. The Kier molecular flexibility index (Phi) is 6.01. The van der Waals surface area contributed by atoms with E-state index in [4.69, 9.17) is 0 Å². The smallest absolute Gasteiger partial charge is 0.246 e. The van der Waals surface area contributed by atoms with Crippen LogP contribution in [0, 0.1) is 13.8 Å². The molecule has 0 bridgehead atoms. The van der Waals surface area contributed by atoms with Crippen LogP contribution in [0.15, 0.2) is 59.3 Å². The zero-order valence-electron chi connectivity index (χ0n) is 16.7. The molecule has 0 fully saturated rings. The number of thiazole rings is 1. The molecule has 0 aliphatic carbocycles. The van der Waals surface area contributed by atoms with E-state index in [-0.39, 0.29) is 18.4 Å². The molecule has 2 heterocycles. The molecule has 0 saturated carbocycles. The van der Waals surface area contributed by atoms with E-state index < -0.39 is 0 Å². The van der Waals surface area contributed by atoms with Gasteiger partial charge in [-0.3, -0.25) is 9.59 Å². The van der Waals surface area contributed by atoms with Gasteiger partial charge in [0.05, 0.1) is 17.1 Å². The first-order chi connectivity index (χ1) is 14.5. The molecule has 5 nitrogen and oxygen atoms in total. The highest BCUT2D eigenvalue weighted by atomic mass is 32.2. The molecule has 3 aromatic rings. The molecule has 2 amide bonds. The number of nitrogens with zero attached hydrogens (tertiary/aromatic N) is 2. The van der Waals surface area contributed by atoms with Crippen LogP contribution in [-0.4, -0.2) is 34.0 Å². The average molecular weight is 436 g/mol.